The van der Waals surface area contributed by atoms with Crippen molar-refractivity contribution in [1.29, 1.82) is 0 Å². The van der Waals surface area contributed by atoms with Gasteiger partial charge in [-0.05, 0) is 0 Å². The lowest BCUT2D eigenvalue weighted by Gasteiger charge is -2.40. The number of piperazine rings is 2. The highest BCUT2D eigenvalue weighted by Crippen LogP contribution is 2.21. The summed E-state index contributed by atoms with van der Waals surface area (Å²) in [5.41, 5.74) is 0. The molecule has 0 aromatic carbocycles. The van der Waals surface area contributed by atoms with Crippen LogP contribution >= 0.6 is 22.7 Å². The number of rotatable bonds is 2. The highest BCUT2D eigenvalue weighted by atomic mass is 32.1. The molecule has 24 heavy (non-hydrogen) atoms. The van der Waals surface area contributed by atoms with Crippen LogP contribution in [0.1, 0.15) is 0 Å². The van der Waals surface area contributed by atoms with Crippen molar-refractivity contribution in [2.45, 2.75) is 0 Å². The lowest BCUT2D eigenvalue weighted by molar-refractivity contribution is 0.147. The molecule has 4 heterocycles. The minimum atomic E-state index is 0.174. The third kappa shape index (κ3) is 3.18. The van der Waals surface area contributed by atoms with Crippen molar-refractivity contribution in [3.05, 3.63) is 23.2 Å². The van der Waals surface area contributed by atoms with E-state index >= 15 is 0 Å². The van der Waals surface area contributed by atoms with Crippen molar-refractivity contribution in [3.63, 3.8) is 0 Å². The maximum absolute atomic E-state index is 12.7. The Bertz CT molecular complexity index is 589. The molecule has 2 fully saturated rings. The van der Waals surface area contributed by atoms with Gasteiger partial charge in [-0.1, -0.05) is 0 Å². The van der Waals surface area contributed by atoms with Crippen molar-refractivity contribution in [2.75, 3.05) is 62.2 Å². The van der Waals surface area contributed by atoms with Crippen LogP contribution in [0.4, 0.5) is 15.1 Å². The predicted molar refractivity (Wildman–Crippen MR) is 97.2 cm³/mol. The number of carbonyl (C=O) groups excluding carboxylic acids is 1. The predicted octanol–water partition coefficient (Wildman–Crippen LogP) is 1.66. The number of hydrogen-bond donors (Lipinski definition) is 0. The maximum Gasteiger partial charge on any atom is 0.320 e. The zero-order valence-corrected chi connectivity index (χ0v) is 15.0. The van der Waals surface area contributed by atoms with Crippen LogP contribution in [0.25, 0.3) is 0 Å². The summed E-state index contributed by atoms with van der Waals surface area (Å²) < 4.78 is 0. The Morgan fingerprint density at radius 2 is 1.17 bits per heavy atom. The van der Waals surface area contributed by atoms with Gasteiger partial charge in [-0.2, -0.15) is 0 Å². The maximum atomic E-state index is 12.7. The second kappa shape index (κ2) is 6.94. The molecule has 2 aliphatic rings. The van der Waals surface area contributed by atoms with E-state index in [1.807, 2.05) is 33.0 Å². The average Bonchev–Trinajstić information content (AvgIpc) is 3.35. The van der Waals surface area contributed by atoms with E-state index in [1.54, 1.807) is 22.7 Å². The summed E-state index contributed by atoms with van der Waals surface area (Å²) in [5, 5.41) is 6.10. The summed E-state index contributed by atoms with van der Waals surface area (Å²) in [7, 11) is 0. The molecule has 4 rings (SSSR count). The molecule has 0 spiro atoms. The van der Waals surface area contributed by atoms with Crippen molar-refractivity contribution >= 4 is 39.0 Å². The summed E-state index contributed by atoms with van der Waals surface area (Å²) in [6.07, 6.45) is 3.67. The number of amides is 2. The first-order valence-electron chi connectivity index (χ1n) is 8.14. The third-order valence-corrected chi connectivity index (χ3v) is 6.14. The molecule has 2 aromatic rings. The molecule has 128 valence electrons. The van der Waals surface area contributed by atoms with Crippen molar-refractivity contribution in [2.24, 2.45) is 0 Å². The van der Waals surface area contributed by atoms with Crippen LogP contribution in [0.5, 0.6) is 0 Å². The monoisotopic (exact) mass is 364 g/mol. The van der Waals surface area contributed by atoms with Gasteiger partial charge in [0.2, 0.25) is 0 Å². The third-order valence-electron chi connectivity index (χ3n) is 4.48. The largest absolute Gasteiger partial charge is 0.345 e. The van der Waals surface area contributed by atoms with Gasteiger partial charge < -0.3 is 19.6 Å². The molecule has 0 unspecified atom stereocenters. The van der Waals surface area contributed by atoms with Crippen molar-refractivity contribution < 1.29 is 4.79 Å². The fraction of sp³-hybridized carbons (Fsp3) is 0.533. The standard InChI is InChI=1S/C15H20N6OS2/c22-15(20-7-3-18(4-8-20)13-16-1-11-23-13)21-9-5-19(6-10-21)14-17-2-12-24-14/h1-2,11-12H,3-10H2. The van der Waals surface area contributed by atoms with Gasteiger partial charge in [0.05, 0.1) is 0 Å². The minimum Gasteiger partial charge on any atom is -0.345 e. The van der Waals surface area contributed by atoms with Gasteiger partial charge in [-0.3, -0.25) is 0 Å². The number of hydrogen-bond acceptors (Lipinski definition) is 7. The molecule has 0 N–H and O–H groups in total. The van der Waals surface area contributed by atoms with E-state index in [9.17, 15) is 4.79 Å². The summed E-state index contributed by atoms with van der Waals surface area (Å²) in [4.78, 5) is 29.9. The molecular weight excluding hydrogens is 344 g/mol. The quantitative estimate of drug-likeness (QED) is 0.811. The molecule has 0 bridgehead atoms. The zero-order valence-electron chi connectivity index (χ0n) is 13.4. The molecule has 0 radical (unpaired) electrons. The van der Waals surface area contributed by atoms with E-state index in [0.29, 0.717) is 0 Å². The fourth-order valence-corrected chi connectivity index (χ4v) is 4.52. The second-order valence-corrected chi connectivity index (χ2v) is 7.61. The van der Waals surface area contributed by atoms with Crippen LogP contribution < -0.4 is 9.80 Å². The van der Waals surface area contributed by atoms with Gasteiger partial charge in [0.15, 0.2) is 10.3 Å². The summed E-state index contributed by atoms with van der Waals surface area (Å²) in [5.74, 6) is 0. The molecule has 2 amide bonds. The van der Waals surface area contributed by atoms with E-state index in [-0.39, 0.29) is 6.03 Å². The molecule has 9 heteroatoms. The Labute approximate surface area is 149 Å². The summed E-state index contributed by atoms with van der Waals surface area (Å²) in [6, 6.07) is 0.174. The minimum absolute atomic E-state index is 0.174. The topological polar surface area (TPSA) is 55.8 Å². The Morgan fingerprint density at radius 1 is 0.750 bits per heavy atom. The van der Waals surface area contributed by atoms with Crippen LogP contribution in [0.15, 0.2) is 23.2 Å². The van der Waals surface area contributed by atoms with Gasteiger partial charge in [0.1, 0.15) is 0 Å². The van der Waals surface area contributed by atoms with Gasteiger partial charge in [0, 0.05) is 75.5 Å². The Kier molecular flexibility index (Phi) is 4.52. The van der Waals surface area contributed by atoms with Crippen LogP contribution in [0, 0.1) is 0 Å². The first-order chi connectivity index (χ1) is 11.8. The molecule has 7 nitrogen and oxygen atoms in total. The number of thiazole rings is 2. The van der Waals surface area contributed by atoms with E-state index < -0.39 is 0 Å². The van der Waals surface area contributed by atoms with Gasteiger partial charge in [0.25, 0.3) is 0 Å². The Balaban J connectivity index is 1.28. The molecule has 2 saturated heterocycles. The first kappa shape index (κ1) is 15.6. The van der Waals surface area contributed by atoms with E-state index in [4.69, 9.17) is 0 Å². The highest BCUT2D eigenvalue weighted by molar-refractivity contribution is 7.13. The lowest BCUT2D eigenvalue weighted by atomic mass is 10.3. The normalized spacial score (nSPS) is 19.0. The Morgan fingerprint density at radius 3 is 1.50 bits per heavy atom. The smallest absolute Gasteiger partial charge is 0.320 e. The Hall–Kier alpha value is -1.87. The van der Waals surface area contributed by atoms with Crippen molar-refractivity contribution in [1.82, 2.24) is 19.8 Å². The molecule has 2 aliphatic heterocycles. The van der Waals surface area contributed by atoms with Gasteiger partial charge >= 0.3 is 6.03 Å². The summed E-state index contributed by atoms with van der Waals surface area (Å²) in [6.45, 7) is 6.51. The highest BCUT2D eigenvalue weighted by Gasteiger charge is 2.28. The fourth-order valence-electron chi connectivity index (χ4n) is 3.12. The SMILES string of the molecule is O=C(N1CCN(c2nccs2)CC1)N1CCN(c2nccs2)CC1. The number of nitrogens with zero attached hydrogens (tertiary/aromatic N) is 6. The average molecular weight is 365 g/mol. The number of urea groups is 1. The zero-order chi connectivity index (χ0) is 16.4. The molecular formula is C15H20N6OS2. The number of carbonyl (C=O) groups is 1. The molecule has 0 atom stereocenters. The van der Waals surface area contributed by atoms with Crippen LogP contribution in [-0.2, 0) is 0 Å². The van der Waals surface area contributed by atoms with E-state index in [0.717, 1.165) is 62.6 Å². The first-order valence-corrected chi connectivity index (χ1v) is 9.90. The molecule has 2 aromatic heterocycles. The van der Waals surface area contributed by atoms with Crippen LogP contribution in [-0.4, -0.2) is 78.2 Å². The number of aromatic nitrogens is 2. The van der Waals surface area contributed by atoms with Crippen LogP contribution in [0.2, 0.25) is 0 Å². The van der Waals surface area contributed by atoms with Gasteiger partial charge in [-0.25, -0.2) is 14.8 Å². The van der Waals surface area contributed by atoms with E-state index in [1.165, 1.54) is 0 Å². The molecule has 0 saturated carbocycles. The molecule has 0 aliphatic carbocycles. The summed E-state index contributed by atoms with van der Waals surface area (Å²) >= 11 is 3.31. The number of anilines is 2. The van der Waals surface area contributed by atoms with Crippen LogP contribution in [0.3, 0.4) is 0 Å². The van der Waals surface area contributed by atoms with Crippen molar-refractivity contribution in [3.8, 4) is 0 Å². The lowest BCUT2D eigenvalue weighted by Crippen LogP contribution is -2.57. The van der Waals surface area contributed by atoms with Gasteiger partial charge in [-0.15, -0.1) is 22.7 Å². The second-order valence-electron chi connectivity index (χ2n) is 5.86. The van der Waals surface area contributed by atoms with E-state index in [2.05, 4.69) is 19.8 Å².